The van der Waals surface area contributed by atoms with E-state index in [-0.39, 0.29) is 23.6 Å². The SMILES string of the molecule is CC1=C=CC=CC(CNC(=O)C[C@@H]2C=CC(c3ccccc3F)=CC2C)=C1. The van der Waals surface area contributed by atoms with Gasteiger partial charge in [-0.2, -0.15) is 0 Å². The number of halogens is 1. The van der Waals surface area contributed by atoms with Gasteiger partial charge < -0.3 is 5.32 Å². The minimum Gasteiger partial charge on any atom is -0.352 e. The molecule has 3 rings (SSSR count). The van der Waals surface area contributed by atoms with E-state index in [2.05, 4.69) is 18.0 Å². The number of rotatable bonds is 5. The standard InChI is InChI=1S/C24H24FNO/c1-17-7-3-4-8-19(13-17)16-26-24(27)15-20-11-12-21(14-18(20)2)22-9-5-6-10-23(22)25/h3-6,8-14,18,20H,15-16H2,1-2H3,(H,26,27)/t18?,20-/m0/s1. The van der Waals surface area contributed by atoms with Gasteiger partial charge >= 0.3 is 0 Å². The first kappa shape index (κ1) is 18.9. The van der Waals surface area contributed by atoms with Crippen LogP contribution >= 0.6 is 0 Å². The summed E-state index contributed by atoms with van der Waals surface area (Å²) in [7, 11) is 0. The summed E-state index contributed by atoms with van der Waals surface area (Å²) in [5, 5.41) is 2.99. The Bertz CT molecular complexity index is 910. The van der Waals surface area contributed by atoms with Crippen molar-refractivity contribution >= 4 is 11.5 Å². The minimum absolute atomic E-state index is 0.0207. The van der Waals surface area contributed by atoms with Gasteiger partial charge in [-0.25, -0.2) is 4.39 Å². The fourth-order valence-corrected chi connectivity index (χ4v) is 3.31. The van der Waals surface area contributed by atoms with Gasteiger partial charge in [-0.05, 0) is 53.7 Å². The highest BCUT2D eigenvalue weighted by Gasteiger charge is 2.21. The molecule has 0 aliphatic heterocycles. The maximum absolute atomic E-state index is 14.0. The lowest BCUT2D eigenvalue weighted by Gasteiger charge is -2.23. The van der Waals surface area contributed by atoms with Crippen molar-refractivity contribution in [2.75, 3.05) is 6.54 Å². The van der Waals surface area contributed by atoms with Crippen molar-refractivity contribution in [3.8, 4) is 0 Å². The summed E-state index contributed by atoms with van der Waals surface area (Å²) < 4.78 is 14.0. The van der Waals surface area contributed by atoms with E-state index in [1.54, 1.807) is 12.1 Å². The molecule has 27 heavy (non-hydrogen) atoms. The maximum Gasteiger partial charge on any atom is 0.220 e. The fraction of sp³-hybridized carbons (Fsp3) is 0.250. The topological polar surface area (TPSA) is 29.1 Å². The van der Waals surface area contributed by atoms with E-state index >= 15 is 0 Å². The van der Waals surface area contributed by atoms with E-state index in [1.165, 1.54) is 6.07 Å². The second-order valence-electron chi connectivity index (χ2n) is 7.04. The lowest BCUT2D eigenvalue weighted by Crippen LogP contribution is -2.28. The molecule has 0 saturated heterocycles. The van der Waals surface area contributed by atoms with Crippen LogP contribution in [-0.4, -0.2) is 12.5 Å². The van der Waals surface area contributed by atoms with Gasteiger partial charge in [-0.15, -0.1) is 5.73 Å². The maximum atomic E-state index is 14.0. The average Bonchev–Trinajstić information content (AvgIpc) is 2.86. The Morgan fingerprint density at radius 2 is 2.07 bits per heavy atom. The third kappa shape index (κ3) is 5.06. The summed E-state index contributed by atoms with van der Waals surface area (Å²) in [6, 6.07) is 6.77. The monoisotopic (exact) mass is 361 g/mol. The van der Waals surface area contributed by atoms with Crippen molar-refractivity contribution in [2.45, 2.75) is 20.3 Å². The van der Waals surface area contributed by atoms with E-state index in [0.29, 0.717) is 18.5 Å². The number of amides is 1. The zero-order valence-corrected chi connectivity index (χ0v) is 15.7. The molecule has 0 fully saturated rings. The third-order valence-corrected chi connectivity index (χ3v) is 4.86. The van der Waals surface area contributed by atoms with Gasteiger partial charge in [0.25, 0.3) is 0 Å². The van der Waals surface area contributed by atoms with Gasteiger partial charge in [0, 0.05) is 18.5 Å². The molecule has 1 aromatic carbocycles. The molecule has 3 heteroatoms. The van der Waals surface area contributed by atoms with Gasteiger partial charge in [-0.3, -0.25) is 4.79 Å². The molecular formula is C24H24FNO. The summed E-state index contributed by atoms with van der Waals surface area (Å²) in [6.07, 6.45) is 14.2. The van der Waals surface area contributed by atoms with Crippen LogP contribution in [0.2, 0.25) is 0 Å². The second-order valence-corrected chi connectivity index (χ2v) is 7.04. The molecule has 2 aliphatic carbocycles. The second kappa shape index (κ2) is 8.66. The van der Waals surface area contributed by atoms with Gasteiger partial charge in [0.2, 0.25) is 5.91 Å². The summed E-state index contributed by atoms with van der Waals surface area (Å²) in [5.41, 5.74) is 6.70. The van der Waals surface area contributed by atoms with Crippen molar-refractivity contribution in [3.63, 3.8) is 0 Å². The van der Waals surface area contributed by atoms with Crippen LogP contribution in [0.4, 0.5) is 4.39 Å². The Morgan fingerprint density at radius 3 is 2.85 bits per heavy atom. The van der Waals surface area contributed by atoms with Crippen LogP contribution in [0.25, 0.3) is 5.57 Å². The van der Waals surface area contributed by atoms with E-state index in [9.17, 15) is 9.18 Å². The molecule has 0 aromatic heterocycles. The highest BCUT2D eigenvalue weighted by Crippen LogP contribution is 2.31. The number of allylic oxidation sites excluding steroid dienone is 7. The molecule has 1 unspecified atom stereocenters. The zero-order valence-electron chi connectivity index (χ0n) is 15.7. The van der Waals surface area contributed by atoms with Crippen LogP contribution in [0.5, 0.6) is 0 Å². The van der Waals surface area contributed by atoms with Gasteiger partial charge in [0.15, 0.2) is 0 Å². The fourth-order valence-electron chi connectivity index (χ4n) is 3.31. The highest BCUT2D eigenvalue weighted by molar-refractivity contribution is 5.79. The lowest BCUT2D eigenvalue weighted by atomic mass is 9.83. The first-order valence-electron chi connectivity index (χ1n) is 9.25. The molecule has 0 radical (unpaired) electrons. The molecule has 0 spiro atoms. The molecule has 1 N–H and O–H groups in total. The van der Waals surface area contributed by atoms with Crippen LogP contribution in [0.3, 0.4) is 0 Å². The summed E-state index contributed by atoms with van der Waals surface area (Å²) in [6.45, 7) is 4.56. The zero-order chi connectivity index (χ0) is 19.2. The molecule has 2 aliphatic rings. The quantitative estimate of drug-likeness (QED) is 0.723. The van der Waals surface area contributed by atoms with Gasteiger partial charge in [0.1, 0.15) is 5.82 Å². The third-order valence-electron chi connectivity index (χ3n) is 4.86. The van der Waals surface area contributed by atoms with Gasteiger partial charge in [-0.1, -0.05) is 55.5 Å². The summed E-state index contributed by atoms with van der Waals surface area (Å²) in [5.74, 6) is 0.0805. The number of carbonyl (C=O) groups excluding carboxylic acids is 1. The lowest BCUT2D eigenvalue weighted by molar-refractivity contribution is -0.121. The first-order chi connectivity index (χ1) is 13.0. The van der Waals surface area contributed by atoms with Crippen molar-refractivity contribution in [1.29, 1.82) is 0 Å². The van der Waals surface area contributed by atoms with E-state index in [1.807, 2.05) is 55.5 Å². The van der Waals surface area contributed by atoms with Gasteiger partial charge in [0.05, 0.1) is 0 Å². The molecule has 1 aromatic rings. The highest BCUT2D eigenvalue weighted by atomic mass is 19.1. The predicted octanol–water partition coefficient (Wildman–Crippen LogP) is 5.14. The minimum atomic E-state index is -0.222. The number of hydrogen-bond acceptors (Lipinski definition) is 1. The first-order valence-corrected chi connectivity index (χ1v) is 9.25. The summed E-state index contributed by atoms with van der Waals surface area (Å²) in [4.78, 5) is 12.4. The van der Waals surface area contributed by atoms with Crippen molar-refractivity contribution < 1.29 is 9.18 Å². The Labute approximate surface area is 160 Å². The van der Waals surface area contributed by atoms with Crippen LogP contribution in [-0.2, 0) is 4.79 Å². The summed E-state index contributed by atoms with van der Waals surface area (Å²) >= 11 is 0. The number of hydrogen-bond donors (Lipinski definition) is 1. The van der Waals surface area contributed by atoms with Crippen LogP contribution in [0.15, 0.2) is 83.7 Å². The Morgan fingerprint density at radius 1 is 1.26 bits per heavy atom. The Balaban J connectivity index is 1.56. The molecule has 0 bridgehead atoms. The van der Waals surface area contributed by atoms with Crippen LogP contribution in [0.1, 0.15) is 25.8 Å². The normalized spacial score (nSPS) is 21.2. The molecule has 1 amide bonds. The van der Waals surface area contributed by atoms with Crippen molar-refractivity contribution in [1.82, 2.24) is 5.32 Å². The smallest absolute Gasteiger partial charge is 0.220 e. The Hall–Kier alpha value is -2.90. The molecule has 0 heterocycles. The molecule has 138 valence electrons. The molecule has 2 nitrogen and oxygen atoms in total. The van der Waals surface area contributed by atoms with E-state index < -0.39 is 0 Å². The predicted molar refractivity (Wildman–Crippen MR) is 108 cm³/mol. The van der Waals surface area contributed by atoms with Crippen molar-refractivity contribution in [2.24, 2.45) is 11.8 Å². The number of carbonyl (C=O) groups is 1. The number of nitrogens with one attached hydrogen (secondary N) is 1. The number of benzene rings is 1. The van der Waals surface area contributed by atoms with Crippen LogP contribution < -0.4 is 5.32 Å². The Kier molecular flexibility index (Phi) is 6.05. The van der Waals surface area contributed by atoms with E-state index in [4.69, 9.17) is 0 Å². The largest absolute Gasteiger partial charge is 0.352 e. The van der Waals surface area contributed by atoms with E-state index in [0.717, 1.165) is 16.7 Å². The molecular weight excluding hydrogens is 337 g/mol. The average molecular weight is 361 g/mol. The van der Waals surface area contributed by atoms with Crippen molar-refractivity contribution in [3.05, 3.63) is 95.1 Å². The van der Waals surface area contributed by atoms with Crippen LogP contribution in [0, 0.1) is 17.7 Å². The molecule has 2 atom stereocenters. The molecule has 0 saturated carbocycles.